The van der Waals surface area contributed by atoms with Crippen molar-refractivity contribution in [1.29, 1.82) is 0 Å². The van der Waals surface area contributed by atoms with E-state index >= 15 is 0 Å². The van der Waals surface area contributed by atoms with Crippen molar-refractivity contribution in [1.82, 2.24) is 5.32 Å². The van der Waals surface area contributed by atoms with Crippen LogP contribution in [0.15, 0.2) is 50.7 Å². The number of amidine groups is 1. The van der Waals surface area contributed by atoms with Gasteiger partial charge in [0.05, 0.1) is 17.7 Å². The highest BCUT2D eigenvalue weighted by molar-refractivity contribution is 14.1. The molecule has 2 aromatic rings. The van der Waals surface area contributed by atoms with Gasteiger partial charge in [-0.2, -0.15) is 0 Å². The van der Waals surface area contributed by atoms with Crippen LogP contribution in [-0.2, 0) is 4.79 Å². The number of furan rings is 1. The maximum Gasteiger partial charge on any atom is 0.264 e. The maximum absolute atomic E-state index is 11.9. The smallest absolute Gasteiger partial charge is 0.264 e. The number of carbonyl (C=O) groups is 1. The van der Waals surface area contributed by atoms with E-state index < -0.39 is 0 Å². The number of benzene rings is 1. The number of hydrogen-bond acceptors (Lipinski definition) is 5. The van der Waals surface area contributed by atoms with Gasteiger partial charge < -0.3 is 14.5 Å². The van der Waals surface area contributed by atoms with Crippen molar-refractivity contribution >= 4 is 57.2 Å². The average Bonchev–Trinajstić information content (AvgIpc) is 3.06. The van der Waals surface area contributed by atoms with Gasteiger partial charge in [0.15, 0.2) is 8.93 Å². The zero-order valence-electron chi connectivity index (χ0n) is 11.5. The molecule has 0 unspecified atom stereocenters. The van der Waals surface area contributed by atoms with Gasteiger partial charge in [-0.1, -0.05) is 0 Å². The molecule has 1 fully saturated rings. The third-order valence-corrected chi connectivity index (χ3v) is 4.31. The summed E-state index contributed by atoms with van der Waals surface area (Å²) in [6.45, 7) is 0. The zero-order valence-corrected chi connectivity index (χ0v) is 14.5. The normalized spacial score (nSPS) is 18.0. The summed E-state index contributed by atoms with van der Waals surface area (Å²) < 4.78 is 11.3. The van der Waals surface area contributed by atoms with Crippen molar-refractivity contribution in [3.63, 3.8) is 0 Å². The Morgan fingerprint density at radius 3 is 2.68 bits per heavy atom. The van der Waals surface area contributed by atoms with E-state index in [1.807, 2.05) is 36.4 Å². The number of hydrogen-bond donors (Lipinski definition) is 1. The highest BCUT2D eigenvalue weighted by Gasteiger charge is 2.24. The van der Waals surface area contributed by atoms with Gasteiger partial charge in [0.25, 0.3) is 5.91 Å². The SMILES string of the molecule is COc1ccc(N=C2NC(=O)/C(=C/c3ccc(I)o3)S2)cc1. The summed E-state index contributed by atoms with van der Waals surface area (Å²) in [5.74, 6) is 1.23. The van der Waals surface area contributed by atoms with Crippen LogP contribution in [0.3, 0.4) is 0 Å². The van der Waals surface area contributed by atoms with Crippen LogP contribution in [0.5, 0.6) is 5.75 Å². The molecule has 0 saturated carbocycles. The first-order valence-corrected chi connectivity index (χ1v) is 8.22. The molecule has 0 aliphatic carbocycles. The highest BCUT2D eigenvalue weighted by Crippen LogP contribution is 2.29. The fourth-order valence-electron chi connectivity index (χ4n) is 1.79. The first-order valence-electron chi connectivity index (χ1n) is 6.33. The summed E-state index contributed by atoms with van der Waals surface area (Å²) in [7, 11) is 1.61. The molecule has 1 aliphatic heterocycles. The minimum absolute atomic E-state index is 0.177. The van der Waals surface area contributed by atoms with E-state index in [-0.39, 0.29) is 5.91 Å². The van der Waals surface area contributed by atoms with Gasteiger partial charge in [-0.15, -0.1) is 0 Å². The van der Waals surface area contributed by atoms with Crippen molar-refractivity contribution in [3.8, 4) is 5.75 Å². The summed E-state index contributed by atoms with van der Waals surface area (Å²) in [4.78, 5) is 16.9. The number of amides is 1. The third-order valence-electron chi connectivity index (χ3n) is 2.82. The predicted octanol–water partition coefficient (Wildman–Crippen LogP) is 3.78. The molecular weight excluding hydrogens is 415 g/mol. The molecule has 1 saturated heterocycles. The first kappa shape index (κ1) is 15.2. The number of methoxy groups -OCH3 is 1. The van der Waals surface area contributed by atoms with Crippen LogP contribution in [0.1, 0.15) is 5.76 Å². The number of nitrogens with zero attached hydrogens (tertiary/aromatic N) is 1. The standard InChI is InChI=1S/C15H11IN2O3S/c1-20-10-4-2-9(3-5-10)17-15-18-14(19)12(22-15)8-11-6-7-13(16)21-11/h2-8H,1H3,(H,17,18,19)/b12-8-. The van der Waals surface area contributed by atoms with Gasteiger partial charge in [-0.25, -0.2) is 4.99 Å². The minimum atomic E-state index is -0.177. The molecule has 2 heterocycles. The van der Waals surface area contributed by atoms with E-state index in [1.54, 1.807) is 13.2 Å². The molecule has 7 heteroatoms. The Kier molecular flexibility index (Phi) is 4.53. The fraction of sp³-hybridized carbons (Fsp3) is 0.0667. The van der Waals surface area contributed by atoms with Crippen LogP contribution >= 0.6 is 34.4 Å². The fourth-order valence-corrected chi connectivity index (χ4v) is 3.05. The molecule has 1 amide bonds. The van der Waals surface area contributed by atoms with E-state index in [0.717, 1.165) is 15.2 Å². The van der Waals surface area contributed by atoms with Crippen LogP contribution in [0.25, 0.3) is 6.08 Å². The van der Waals surface area contributed by atoms with Crippen molar-refractivity contribution < 1.29 is 13.9 Å². The molecule has 0 radical (unpaired) electrons. The van der Waals surface area contributed by atoms with Crippen LogP contribution in [-0.4, -0.2) is 18.2 Å². The Hall–Kier alpha value is -1.74. The molecule has 0 atom stereocenters. The van der Waals surface area contributed by atoms with E-state index in [9.17, 15) is 4.79 Å². The Morgan fingerprint density at radius 2 is 2.05 bits per heavy atom. The molecule has 0 bridgehead atoms. The van der Waals surface area contributed by atoms with Crippen LogP contribution in [0.4, 0.5) is 5.69 Å². The van der Waals surface area contributed by atoms with E-state index in [1.165, 1.54) is 11.8 Å². The number of aliphatic imine (C=N–C) groups is 1. The van der Waals surface area contributed by atoms with Gasteiger partial charge >= 0.3 is 0 Å². The summed E-state index contributed by atoms with van der Waals surface area (Å²) in [5, 5.41) is 3.28. The summed E-state index contributed by atoms with van der Waals surface area (Å²) in [5.41, 5.74) is 0.748. The van der Waals surface area contributed by atoms with Crippen LogP contribution in [0, 0.1) is 3.77 Å². The molecule has 112 valence electrons. The minimum Gasteiger partial charge on any atom is -0.497 e. The molecule has 22 heavy (non-hydrogen) atoms. The van der Waals surface area contributed by atoms with Gasteiger partial charge in [-0.3, -0.25) is 4.79 Å². The largest absolute Gasteiger partial charge is 0.497 e. The molecule has 1 aliphatic rings. The quantitative estimate of drug-likeness (QED) is 0.600. The van der Waals surface area contributed by atoms with Crippen molar-refractivity contribution in [3.05, 3.63) is 50.8 Å². The lowest BCUT2D eigenvalue weighted by atomic mass is 10.3. The predicted molar refractivity (Wildman–Crippen MR) is 95.2 cm³/mol. The van der Waals surface area contributed by atoms with E-state index in [0.29, 0.717) is 15.8 Å². The maximum atomic E-state index is 11.9. The van der Waals surface area contributed by atoms with Gasteiger partial charge in [0, 0.05) is 6.08 Å². The second-order valence-electron chi connectivity index (χ2n) is 4.32. The number of carbonyl (C=O) groups excluding carboxylic acids is 1. The van der Waals surface area contributed by atoms with Crippen LogP contribution < -0.4 is 10.1 Å². The Labute approximate surface area is 145 Å². The third kappa shape index (κ3) is 3.53. The average molecular weight is 426 g/mol. The Bertz CT molecular complexity index is 765. The van der Waals surface area contributed by atoms with Gasteiger partial charge in [-0.05, 0) is 70.8 Å². The second-order valence-corrected chi connectivity index (χ2v) is 6.42. The zero-order chi connectivity index (χ0) is 15.5. The number of thioether (sulfide) groups is 1. The second kappa shape index (κ2) is 6.57. The monoisotopic (exact) mass is 426 g/mol. The molecule has 5 nitrogen and oxygen atoms in total. The Balaban J connectivity index is 1.78. The van der Waals surface area contributed by atoms with Crippen molar-refractivity contribution in [2.24, 2.45) is 4.99 Å². The molecule has 0 spiro atoms. The summed E-state index contributed by atoms with van der Waals surface area (Å²) in [6, 6.07) is 11.0. The topological polar surface area (TPSA) is 63.8 Å². The van der Waals surface area contributed by atoms with Gasteiger partial charge in [0.1, 0.15) is 11.5 Å². The van der Waals surface area contributed by atoms with Crippen LogP contribution in [0.2, 0.25) is 0 Å². The molecule has 1 aromatic carbocycles. The first-order chi connectivity index (χ1) is 10.6. The summed E-state index contributed by atoms with van der Waals surface area (Å²) >= 11 is 3.36. The van der Waals surface area contributed by atoms with Crippen molar-refractivity contribution in [2.45, 2.75) is 0 Å². The van der Waals surface area contributed by atoms with E-state index in [2.05, 4.69) is 32.9 Å². The molecular formula is C15H11IN2O3S. The number of nitrogens with one attached hydrogen (secondary N) is 1. The lowest BCUT2D eigenvalue weighted by molar-refractivity contribution is -0.115. The molecule has 1 aromatic heterocycles. The summed E-state index contributed by atoms with van der Waals surface area (Å²) in [6.07, 6.45) is 1.71. The molecule has 1 N–H and O–H groups in total. The number of rotatable bonds is 3. The van der Waals surface area contributed by atoms with E-state index in [4.69, 9.17) is 9.15 Å². The number of ether oxygens (including phenoxy) is 1. The Morgan fingerprint density at radius 1 is 1.27 bits per heavy atom. The highest BCUT2D eigenvalue weighted by atomic mass is 127. The van der Waals surface area contributed by atoms with Gasteiger partial charge in [0.2, 0.25) is 0 Å². The van der Waals surface area contributed by atoms with Crippen molar-refractivity contribution in [2.75, 3.05) is 7.11 Å². The molecule has 3 rings (SSSR count). The lowest BCUT2D eigenvalue weighted by Gasteiger charge is -1.99. The number of halogens is 1. The lowest BCUT2D eigenvalue weighted by Crippen LogP contribution is -2.19.